The maximum absolute atomic E-state index is 13.9. The van der Waals surface area contributed by atoms with Crippen LogP contribution >= 0.6 is 22.9 Å². The standard InChI is InChI=1S/C12B2Cl2F8/c15-13-1-2(6(18)10(22)9(21)5(1)17)14(16)4-3(13)7(19)11(23)12(24)8(4)20. The molecule has 3 rings (SSSR count). The van der Waals surface area contributed by atoms with E-state index in [0.29, 0.717) is 0 Å². The Hall–Kier alpha value is -1.41. The molecule has 0 saturated heterocycles. The van der Waals surface area contributed by atoms with Gasteiger partial charge in [-0.3, -0.25) is 0 Å². The van der Waals surface area contributed by atoms with Gasteiger partial charge in [0.05, 0.1) is 0 Å². The van der Waals surface area contributed by atoms with Gasteiger partial charge in [0, 0.05) is 0 Å². The van der Waals surface area contributed by atoms with Crippen molar-refractivity contribution >= 4 is 57.0 Å². The summed E-state index contributed by atoms with van der Waals surface area (Å²) < 4.78 is 109. The largest absolute Gasteiger partial charge is 0.320 e. The van der Waals surface area contributed by atoms with Crippen molar-refractivity contribution in [2.45, 2.75) is 0 Å². The lowest BCUT2D eigenvalue weighted by Gasteiger charge is -2.27. The SMILES string of the molecule is Fc1c(F)c(F)c2c(c1F)B(Cl)c1c(F)c(F)c(F)c(F)c1B2Cl. The molecule has 0 saturated carbocycles. The number of hydrogen-bond donors (Lipinski definition) is 0. The zero-order valence-electron chi connectivity index (χ0n) is 10.9. The Kier molecular flexibility index (Phi) is 4.03. The van der Waals surface area contributed by atoms with Gasteiger partial charge in [0.25, 0.3) is 0 Å². The Morgan fingerprint density at radius 1 is 0.375 bits per heavy atom. The Balaban J connectivity index is 2.48. The van der Waals surface area contributed by atoms with Gasteiger partial charge in [-0.15, -0.1) is 0 Å². The average molecular weight is 389 g/mol. The van der Waals surface area contributed by atoms with E-state index >= 15 is 0 Å². The first kappa shape index (κ1) is 17.4. The lowest BCUT2D eigenvalue weighted by molar-refractivity contribution is 0.413. The molecule has 0 fully saturated rings. The lowest BCUT2D eigenvalue weighted by Crippen LogP contribution is -2.69. The number of halogens is 10. The van der Waals surface area contributed by atoms with E-state index in [4.69, 9.17) is 22.9 Å². The first-order chi connectivity index (χ1) is 11.1. The zero-order chi connectivity index (χ0) is 18.1. The van der Waals surface area contributed by atoms with Crippen LogP contribution in [0, 0.1) is 46.5 Å². The molecule has 0 radical (unpaired) electrons. The fourth-order valence-electron chi connectivity index (χ4n) is 2.61. The highest BCUT2D eigenvalue weighted by atomic mass is 35.5. The van der Waals surface area contributed by atoms with Crippen molar-refractivity contribution in [3.63, 3.8) is 0 Å². The molecule has 0 aromatic heterocycles. The monoisotopic (exact) mass is 388 g/mol. The first-order valence-electron chi connectivity index (χ1n) is 6.10. The van der Waals surface area contributed by atoms with Crippen LogP contribution in [0.25, 0.3) is 0 Å². The summed E-state index contributed by atoms with van der Waals surface area (Å²) in [5, 5.41) is 0. The maximum atomic E-state index is 13.9. The molecule has 1 aliphatic rings. The Morgan fingerprint density at radius 3 is 0.708 bits per heavy atom. The molecule has 0 amide bonds. The molecule has 124 valence electrons. The van der Waals surface area contributed by atoms with Crippen LogP contribution < -0.4 is 21.9 Å². The Labute approximate surface area is 139 Å². The number of fused-ring (bicyclic) bond motifs is 2. The molecule has 0 atom stereocenters. The maximum Gasteiger partial charge on any atom is 0.320 e. The van der Waals surface area contributed by atoms with Crippen molar-refractivity contribution in [2.24, 2.45) is 0 Å². The van der Waals surface area contributed by atoms with Crippen molar-refractivity contribution in [3.05, 3.63) is 46.5 Å². The molecule has 0 N–H and O–H groups in total. The quantitative estimate of drug-likeness (QED) is 0.279. The molecule has 1 heterocycles. The number of hydrogen-bond acceptors (Lipinski definition) is 0. The zero-order valence-corrected chi connectivity index (χ0v) is 12.4. The van der Waals surface area contributed by atoms with Crippen LogP contribution in [-0.4, -0.2) is 12.3 Å². The summed E-state index contributed by atoms with van der Waals surface area (Å²) in [6, 6.07) is 0. The predicted octanol–water partition coefficient (Wildman–Crippen LogP) is 1.80. The molecular weight excluding hydrogens is 389 g/mol. The molecule has 1 aliphatic heterocycles. The van der Waals surface area contributed by atoms with E-state index in [2.05, 4.69) is 0 Å². The summed E-state index contributed by atoms with van der Waals surface area (Å²) in [5.41, 5.74) is -4.48. The van der Waals surface area contributed by atoms with E-state index in [1.807, 2.05) is 0 Å². The molecular formula is C12B2Cl2F8. The molecule has 12 heteroatoms. The lowest BCUT2D eigenvalue weighted by atomic mass is 9.41. The molecule has 0 unspecified atom stereocenters. The fourth-order valence-corrected chi connectivity index (χ4v) is 3.46. The van der Waals surface area contributed by atoms with Crippen LogP contribution in [0.2, 0.25) is 0 Å². The van der Waals surface area contributed by atoms with Crippen molar-refractivity contribution < 1.29 is 35.1 Å². The molecule has 0 bridgehead atoms. The molecule has 0 aliphatic carbocycles. The van der Waals surface area contributed by atoms with E-state index in [0.717, 1.165) is 0 Å². The number of rotatable bonds is 0. The van der Waals surface area contributed by atoms with E-state index < -0.39 is 80.6 Å². The van der Waals surface area contributed by atoms with E-state index in [9.17, 15) is 35.1 Å². The van der Waals surface area contributed by atoms with Gasteiger partial charge in [0.15, 0.2) is 46.5 Å². The summed E-state index contributed by atoms with van der Waals surface area (Å²) >= 11 is 11.4. The fraction of sp³-hybridized carbons (Fsp3) is 0. The minimum absolute atomic E-state index is 1.12. The average Bonchev–Trinajstić information content (AvgIpc) is 2.55. The highest BCUT2D eigenvalue weighted by Gasteiger charge is 2.47. The topological polar surface area (TPSA) is 0 Å². The van der Waals surface area contributed by atoms with Gasteiger partial charge < -0.3 is 0 Å². The van der Waals surface area contributed by atoms with Crippen molar-refractivity contribution in [2.75, 3.05) is 0 Å². The molecule has 2 aromatic rings. The smallest absolute Gasteiger partial charge is 0.204 e. The van der Waals surface area contributed by atoms with Gasteiger partial charge in [-0.05, 0) is 21.9 Å². The Bertz CT molecular complexity index is 761. The van der Waals surface area contributed by atoms with Gasteiger partial charge >= 0.3 is 12.3 Å². The van der Waals surface area contributed by atoms with Crippen LogP contribution in [0.15, 0.2) is 0 Å². The third kappa shape index (κ3) is 2.02. The van der Waals surface area contributed by atoms with Crippen molar-refractivity contribution in [1.82, 2.24) is 0 Å². The van der Waals surface area contributed by atoms with Crippen LogP contribution in [-0.2, 0) is 0 Å². The molecule has 2 aromatic carbocycles. The van der Waals surface area contributed by atoms with Crippen LogP contribution in [0.5, 0.6) is 0 Å². The third-order valence-electron chi connectivity index (χ3n) is 3.70. The number of benzene rings is 2. The highest BCUT2D eigenvalue weighted by Crippen LogP contribution is 2.20. The first-order valence-corrected chi connectivity index (χ1v) is 6.98. The van der Waals surface area contributed by atoms with Crippen LogP contribution in [0.3, 0.4) is 0 Å². The van der Waals surface area contributed by atoms with Crippen LogP contribution in [0.1, 0.15) is 0 Å². The summed E-state index contributed by atoms with van der Waals surface area (Å²) in [4.78, 5) is 0. The van der Waals surface area contributed by atoms with Gasteiger partial charge in [-0.2, -0.15) is 22.9 Å². The van der Waals surface area contributed by atoms with Gasteiger partial charge in [0.2, 0.25) is 0 Å². The van der Waals surface area contributed by atoms with E-state index in [-0.39, 0.29) is 0 Å². The summed E-state index contributed by atoms with van der Waals surface area (Å²) in [5.74, 6) is -17.0. The second-order valence-electron chi connectivity index (χ2n) is 4.89. The highest BCUT2D eigenvalue weighted by molar-refractivity contribution is 7.32. The summed E-state index contributed by atoms with van der Waals surface area (Å²) in [6.07, 6.45) is -4.33. The van der Waals surface area contributed by atoms with Crippen molar-refractivity contribution in [3.8, 4) is 0 Å². The van der Waals surface area contributed by atoms with Gasteiger partial charge in [0.1, 0.15) is 0 Å². The summed E-state index contributed by atoms with van der Waals surface area (Å²) in [7, 11) is 0. The van der Waals surface area contributed by atoms with Crippen molar-refractivity contribution in [1.29, 1.82) is 0 Å². The van der Waals surface area contributed by atoms with Gasteiger partial charge in [-0.25, -0.2) is 35.1 Å². The molecule has 0 nitrogen and oxygen atoms in total. The minimum atomic E-state index is -2.26. The Morgan fingerprint density at radius 2 is 0.542 bits per heavy atom. The summed E-state index contributed by atoms with van der Waals surface area (Å²) in [6.45, 7) is 0. The normalized spacial score (nSPS) is 13.2. The second kappa shape index (κ2) is 5.56. The van der Waals surface area contributed by atoms with E-state index in [1.165, 1.54) is 0 Å². The van der Waals surface area contributed by atoms with Gasteiger partial charge in [-0.1, -0.05) is 0 Å². The molecule has 0 spiro atoms. The second-order valence-corrected chi connectivity index (χ2v) is 5.76. The third-order valence-corrected chi connectivity index (χ3v) is 4.57. The predicted molar refractivity (Wildman–Crippen MR) is 74.3 cm³/mol. The minimum Gasteiger partial charge on any atom is -0.204 e. The van der Waals surface area contributed by atoms with Crippen LogP contribution in [0.4, 0.5) is 35.1 Å². The molecule has 24 heavy (non-hydrogen) atoms. The van der Waals surface area contributed by atoms with E-state index in [1.54, 1.807) is 0 Å².